The van der Waals surface area contributed by atoms with Crippen LogP contribution in [-0.4, -0.2) is 18.5 Å². The monoisotopic (exact) mass is 315 g/mol. The molecule has 1 fully saturated rings. The SMILES string of the molecule is CCCCCC(=O)C=CC1=CC[C@@H]2C[C@H](OCCCC#N)C[C@@H]12. The van der Waals surface area contributed by atoms with Crippen molar-refractivity contribution in [2.45, 2.75) is 70.8 Å². The van der Waals surface area contributed by atoms with Crippen LogP contribution in [0.25, 0.3) is 0 Å². The molecule has 3 heteroatoms. The number of hydrogen-bond acceptors (Lipinski definition) is 3. The molecule has 0 aromatic rings. The van der Waals surface area contributed by atoms with Crippen LogP contribution in [0.3, 0.4) is 0 Å². The molecule has 3 atom stereocenters. The Morgan fingerprint density at radius 3 is 3.04 bits per heavy atom. The number of rotatable bonds is 10. The van der Waals surface area contributed by atoms with Crippen LogP contribution in [-0.2, 0) is 9.53 Å². The number of ketones is 1. The van der Waals surface area contributed by atoms with E-state index in [0.29, 0.717) is 37.4 Å². The van der Waals surface area contributed by atoms with Crippen molar-refractivity contribution in [3.05, 3.63) is 23.8 Å². The molecule has 0 aliphatic heterocycles. The van der Waals surface area contributed by atoms with E-state index in [1.807, 2.05) is 0 Å². The van der Waals surface area contributed by atoms with Crippen LogP contribution in [0.5, 0.6) is 0 Å². The molecular weight excluding hydrogens is 286 g/mol. The number of carbonyl (C=O) groups excluding carboxylic acids is 1. The molecule has 1 saturated carbocycles. The Hall–Kier alpha value is -1.40. The second-order valence-electron chi connectivity index (χ2n) is 6.79. The maximum absolute atomic E-state index is 11.9. The Kier molecular flexibility index (Phi) is 7.55. The van der Waals surface area contributed by atoms with Crippen molar-refractivity contribution in [3.63, 3.8) is 0 Å². The van der Waals surface area contributed by atoms with Crippen LogP contribution in [0.4, 0.5) is 0 Å². The number of nitrogens with zero attached hydrogens (tertiary/aromatic N) is 1. The minimum absolute atomic E-state index is 0.255. The average Bonchev–Trinajstić information content (AvgIpc) is 3.10. The van der Waals surface area contributed by atoms with E-state index in [2.05, 4.69) is 25.1 Å². The molecule has 2 rings (SSSR count). The van der Waals surface area contributed by atoms with Crippen molar-refractivity contribution in [2.75, 3.05) is 6.61 Å². The molecule has 0 N–H and O–H groups in total. The number of hydrogen-bond donors (Lipinski definition) is 0. The van der Waals surface area contributed by atoms with Gasteiger partial charge in [-0.1, -0.05) is 31.9 Å². The van der Waals surface area contributed by atoms with Crippen molar-refractivity contribution in [1.29, 1.82) is 5.26 Å². The van der Waals surface area contributed by atoms with E-state index >= 15 is 0 Å². The lowest BCUT2D eigenvalue weighted by Crippen LogP contribution is -2.10. The van der Waals surface area contributed by atoms with Gasteiger partial charge in [0.1, 0.15) is 0 Å². The van der Waals surface area contributed by atoms with Gasteiger partial charge in [0, 0.05) is 19.4 Å². The molecule has 2 aliphatic rings. The summed E-state index contributed by atoms with van der Waals surface area (Å²) in [6.45, 7) is 2.85. The molecule has 0 heterocycles. The number of nitriles is 1. The first-order valence-electron chi connectivity index (χ1n) is 9.14. The minimum atomic E-state index is 0.255. The van der Waals surface area contributed by atoms with E-state index in [0.717, 1.165) is 44.9 Å². The first-order valence-corrected chi connectivity index (χ1v) is 9.14. The molecule has 0 saturated heterocycles. The Morgan fingerprint density at radius 2 is 2.26 bits per heavy atom. The zero-order valence-corrected chi connectivity index (χ0v) is 14.3. The Balaban J connectivity index is 1.74. The van der Waals surface area contributed by atoms with Gasteiger partial charge in [0.15, 0.2) is 5.78 Å². The summed E-state index contributed by atoms with van der Waals surface area (Å²) in [5.41, 5.74) is 1.34. The van der Waals surface area contributed by atoms with Gasteiger partial charge in [0.2, 0.25) is 0 Å². The maximum atomic E-state index is 11.9. The van der Waals surface area contributed by atoms with Crippen LogP contribution in [0, 0.1) is 23.2 Å². The summed E-state index contributed by atoms with van der Waals surface area (Å²) in [7, 11) is 0. The summed E-state index contributed by atoms with van der Waals surface area (Å²) in [5, 5.41) is 8.55. The summed E-state index contributed by atoms with van der Waals surface area (Å²) in [5.74, 6) is 1.51. The number of unbranched alkanes of at least 4 members (excludes halogenated alkanes) is 3. The van der Waals surface area contributed by atoms with E-state index in [1.54, 1.807) is 6.08 Å². The lowest BCUT2D eigenvalue weighted by Gasteiger charge is -2.12. The normalized spacial score (nSPS) is 26.3. The summed E-state index contributed by atoms with van der Waals surface area (Å²) in [6.07, 6.45) is 15.2. The van der Waals surface area contributed by atoms with E-state index in [9.17, 15) is 4.79 Å². The highest BCUT2D eigenvalue weighted by atomic mass is 16.5. The van der Waals surface area contributed by atoms with E-state index in [4.69, 9.17) is 10.00 Å². The standard InChI is InChI=1S/C20H29NO2/c1-2-3-4-7-18(22)11-10-16-8-9-17-14-19(15-20(16)17)23-13-6-5-12-21/h8,10-11,17,19-20H,2-7,9,13-15H2,1H3/t17-,19+,20+/m1/s1. The molecule has 0 aromatic carbocycles. The lowest BCUT2D eigenvalue weighted by atomic mass is 9.94. The molecule has 126 valence electrons. The first kappa shape index (κ1) is 17.9. The smallest absolute Gasteiger partial charge is 0.155 e. The molecule has 0 unspecified atom stereocenters. The van der Waals surface area contributed by atoms with Crippen molar-refractivity contribution in [2.24, 2.45) is 11.8 Å². The molecule has 0 bridgehead atoms. The van der Waals surface area contributed by atoms with Crippen LogP contribution < -0.4 is 0 Å². The third kappa shape index (κ3) is 5.62. The highest BCUT2D eigenvalue weighted by Gasteiger charge is 2.38. The minimum Gasteiger partial charge on any atom is -0.378 e. The molecule has 0 radical (unpaired) electrons. The number of allylic oxidation sites excluding steroid dienone is 4. The molecule has 0 aromatic heterocycles. The van der Waals surface area contributed by atoms with Gasteiger partial charge in [-0.15, -0.1) is 0 Å². The van der Waals surface area contributed by atoms with Gasteiger partial charge in [0.05, 0.1) is 12.2 Å². The fraction of sp³-hybridized carbons (Fsp3) is 0.700. The van der Waals surface area contributed by atoms with Gasteiger partial charge in [-0.3, -0.25) is 4.79 Å². The predicted octanol–water partition coefficient (Wildman–Crippen LogP) is 4.74. The Bertz CT molecular complexity index is 486. The molecule has 0 spiro atoms. The number of fused-ring (bicyclic) bond motifs is 1. The summed E-state index contributed by atoms with van der Waals surface area (Å²) >= 11 is 0. The van der Waals surface area contributed by atoms with E-state index in [1.165, 1.54) is 5.57 Å². The topological polar surface area (TPSA) is 50.1 Å². The molecule has 2 aliphatic carbocycles. The third-order valence-corrected chi connectivity index (χ3v) is 5.01. The molecule has 3 nitrogen and oxygen atoms in total. The van der Waals surface area contributed by atoms with Crippen LogP contribution in [0.15, 0.2) is 23.8 Å². The third-order valence-electron chi connectivity index (χ3n) is 5.01. The zero-order valence-electron chi connectivity index (χ0n) is 14.3. The van der Waals surface area contributed by atoms with Crippen molar-refractivity contribution in [1.82, 2.24) is 0 Å². The number of ether oxygens (including phenoxy) is 1. The average molecular weight is 315 g/mol. The second-order valence-corrected chi connectivity index (χ2v) is 6.79. The zero-order chi connectivity index (χ0) is 16.5. The van der Waals surface area contributed by atoms with Crippen molar-refractivity contribution in [3.8, 4) is 6.07 Å². The summed E-state index contributed by atoms with van der Waals surface area (Å²) in [4.78, 5) is 11.9. The van der Waals surface area contributed by atoms with E-state index < -0.39 is 0 Å². The van der Waals surface area contributed by atoms with Crippen molar-refractivity contribution < 1.29 is 9.53 Å². The second kappa shape index (κ2) is 9.67. The Morgan fingerprint density at radius 1 is 1.39 bits per heavy atom. The van der Waals surface area contributed by atoms with Crippen LogP contribution in [0.1, 0.15) is 64.7 Å². The fourth-order valence-corrected chi connectivity index (χ4v) is 3.73. The summed E-state index contributed by atoms with van der Waals surface area (Å²) in [6, 6.07) is 2.16. The van der Waals surface area contributed by atoms with Gasteiger partial charge in [-0.2, -0.15) is 5.26 Å². The first-order chi connectivity index (χ1) is 11.2. The van der Waals surface area contributed by atoms with Crippen molar-refractivity contribution >= 4 is 5.78 Å². The summed E-state index contributed by atoms with van der Waals surface area (Å²) < 4.78 is 5.91. The maximum Gasteiger partial charge on any atom is 0.155 e. The predicted molar refractivity (Wildman–Crippen MR) is 91.8 cm³/mol. The quantitative estimate of drug-likeness (QED) is 0.432. The van der Waals surface area contributed by atoms with Gasteiger partial charge >= 0.3 is 0 Å². The van der Waals surface area contributed by atoms with Crippen LogP contribution >= 0.6 is 0 Å². The van der Waals surface area contributed by atoms with E-state index in [-0.39, 0.29) is 5.78 Å². The van der Waals surface area contributed by atoms with Gasteiger partial charge in [0.25, 0.3) is 0 Å². The Labute approximate surface area is 140 Å². The van der Waals surface area contributed by atoms with Gasteiger partial charge in [-0.25, -0.2) is 0 Å². The van der Waals surface area contributed by atoms with Gasteiger partial charge < -0.3 is 4.74 Å². The highest BCUT2D eigenvalue weighted by Crippen LogP contribution is 2.45. The van der Waals surface area contributed by atoms with Crippen LogP contribution in [0.2, 0.25) is 0 Å². The fourth-order valence-electron chi connectivity index (χ4n) is 3.73. The highest BCUT2D eigenvalue weighted by molar-refractivity contribution is 5.90. The molecule has 23 heavy (non-hydrogen) atoms. The van der Waals surface area contributed by atoms with Gasteiger partial charge in [-0.05, 0) is 55.6 Å². The lowest BCUT2D eigenvalue weighted by molar-refractivity contribution is -0.114. The largest absolute Gasteiger partial charge is 0.378 e. The molecule has 0 amide bonds. The number of carbonyl (C=O) groups is 1. The molecular formula is C20H29NO2.